The Labute approximate surface area is 127 Å². The van der Waals surface area contributed by atoms with Gasteiger partial charge in [-0.05, 0) is 29.7 Å². The second kappa shape index (κ2) is 5.48. The summed E-state index contributed by atoms with van der Waals surface area (Å²) in [6.07, 6.45) is 3.33. The molecule has 0 amide bonds. The van der Waals surface area contributed by atoms with Crippen LogP contribution in [-0.4, -0.2) is 30.4 Å². The number of pyridine rings is 1. The van der Waals surface area contributed by atoms with Crippen LogP contribution in [0.15, 0.2) is 36.7 Å². The Kier molecular flexibility index (Phi) is 3.50. The standard InChI is InChI=1S/C16H16N4O2/c1-9(2)11-7-12(14(22)8-13(11)21)16-18-15(19-20-16)10-3-5-17-6-4-10/h3-9,21-22H,1-2H3,(H,18,19,20). The van der Waals surface area contributed by atoms with Gasteiger partial charge in [0.1, 0.15) is 11.5 Å². The number of phenolic OH excluding ortho intramolecular Hbond substituents is 2. The van der Waals surface area contributed by atoms with Crippen molar-refractivity contribution in [1.29, 1.82) is 0 Å². The second-order valence-electron chi connectivity index (χ2n) is 5.33. The number of nitrogens with zero attached hydrogens (tertiary/aromatic N) is 3. The molecule has 3 rings (SSSR count). The highest BCUT2D eigenvalue weighted by Crippen LogP contribution is 2.36. The SMILES string of the molecule is CC(C)c1cc(-c2nc(-c3ccncc3)n[nH]2)c(O)cc1O. The lowest BCUT2D eigenvalue weighted by atomic mass is 9.98. The molecule has 0 fully saturated rings. The van der Waals surface area contributed by atoms with E-state index in [0.717, 1.165) is 11.1 Å². The zero-order valence-corrected chi connectivity index (χ0v) is 12.3. The van der Waals surface area contributed by atoms with E-state index in [1.54, 1.807) is 18.5 Å². The van der Waals surface area contributed by atoms with Crippen molar-refractivity contribution < 1.29 is 10.2 Å². The van der Waals surface area contributed by atoms with Crippen LogP contribution in [0.5, 0.6) is 11.5 Å². The van der Waals surface area contributed by atoms with Crippen LogP contribution in [0, 0.1) is 0 Å². The molecular formula is C16H16N4O2. The van der Waals surface area contributed by atoms with Gasteiger partial charge in [0.25, 0.3) is 0 Å². The van der Waals surface area contributed by atoms with Crippen molar-refractivity contribution in [2.45, 2.75) is 19.8 Å². The summed E-state index contributed by atoms with van der Waals surface area (Å²) in [6, 6.07) is 6.68. The zero-order valence-electron chi connectivity index (χ0n) is 12.3. The number of rotatable bonds is 3. The maximum atomic E-state index is 10.1. The molecule has 22 heavy (non-hydrogen) atoms. The van der Waals surface area contributed by atoms with E-state index in [-0.39, 0.29) is 17.4 Å². The van der Waals surface area contributed by atoms with Gasteiger partial charge in [0, 0.05) is 24.0 Å². The number of aromatic nitrogens is 4. The van der Waals surface area contributed by atoms with Crippen LogP contribution in [-0.2, 0) is 0 Å². The Bertz CT molecular complexity index is 797. The molecule has 3 N–H and O–H groups in total. The van der Waals surface area contributed by atoms with Crippen LogP contribution in [0.1, 0.15) is 25.3 Å². The number of H-pyrrole nitrogens is 1. The summed E-state index contributed by atoms with van der Waals surface area (Å²) in [5, 5.41) is 27.0. The van der Waals surface area contributed by atoms with Crippen LogP contribution in [0.2, 0.25) is 0 Å². The third kappa shape index (κ3) is 2.50. The minimum atomic E-state index is -0.0423. The zero-order chi connectivity index (χ0) is 15.7. The van der Waals surface area contributed by atoms with Gasteiger partial charge in [-0.25, -0.2) is 4.98 Å². The molecular weight excluding hydrogens is 280 g/mol. The molecule has 6 nitrogen and oxygen atoms in total. The van der Waals surface area contributed by atoms with Gasteiger partial charge in [0.05, 0.1) is 5.56 Å². The molecule has 0 aliphatic heterocycles. The molecule has 0 radical (unpaired) electrons. The second-order valence-corrected chi connectivity index (χ2v) is 5.33. The van der Waals surface area contributed by atoms with E-state index >= 15 is 0 Å². The molecule has 0 unspecified atom stereocenters. The first kappa shape index (κ1) is 14.1. The Morgan fingerprint density at radius 1 is 1.05 bits per heavy atom. The Morgan fingerprint density at radius 2 is 1.77 bits per heavy atom. The van der Waals surface area contributed by atoms with Crippen LogP contribution < -0.4 is 0 Å². The number of nitrogens with one attached hydrogen (secondary N) is 1. The summed E-state index contributed by atoms with van der Waals surface area (Å²) >= 11 is 0. The van der Waals surface area contributed by atoms with E-state index in [2.05, 4.69) is 20.2 Å². The highest BCUT2D eigenvalue weighted by Gasteiger charge is 2.16. The molecule has 1 aromatic carbocycles. The molecule has 0 atom stereocenters. The van der Waals surface area contributed by atoms with Crippen molar-refractivity contribution in [3.8, 4) is 34.3 Å². The Hall–Kier alpha value is -2.89. The van der Waals surface area contributed by atoms with Gasteiger partial charge in [-0.2, -0.15) is 5.10 Å². The summed E-state index contributed by atoms with van der Waals surface area (Å²) in [4.78, 5) is 8.36. The number of hydrogen-bond acceptors (Lipinski definition) is 5. The van der Waals surface area contributed by atoms with Gasteiger partial charge in [-0.1, -0.05) is 13.8 Å². The molecule has 0 aliphatic carbocycles. The highest BCUT2D eigenvalue weighted by atomic mass is 16.3. The van der Waals surface area contributed by atoms with Gasteiger partial charge in [-0.3, -0.25) is 10.1 Å². The van der Waals surface area contributed by atoms with Crippen molar-refractivity contribution in [2.24, 2.45) is 0 Å². The van der Waals surface area contributed by atoms with Crippen LogP contribution in [0.25, 0.3) is 22.8 Å². The average Bonchev–Trinajstić information content (AvgIpc) is 2.97. The van der Waals surface area contributed by atoms with E-state index in [4.69, 9.17) is 0 Å². The summed E-state index contributed by atoms with van der Waals surface area (Å²) in [7, 11) is 0. The molecule has 3 aromatic rings. The average molecular weight is 296 g/mol. The monoisotopic (exact) mass is 296 g/mol. The maximum Gasteiger partial charge on any atom is 0.181 e. The molecule has 6 heteroatoms. The number of aromatic amines is 1. The van der Waals surface area contributed by atoms with E-state index in [0.29, 0.717) is 17.2 Å². The predicted molar refractivity (Wildman–Crippen MR) is 82.5 cm³/mol. The van der Waals surface area contributed by atoms with Gasteiger partial charge >= 0.3 is 0 Å². The fraction of sp³-hybridized carbons (Fsp3) is 0.188. The van der Waals surface area contributed by atoms with Gasteiger partial charge in [-0.15, -0.1) is 0 Å². The number of hydrogen-bond donors (Lipinski definition) is 3. The van der Waals surface area contributed by atoms with E-state index in [1.807, 2.05) is 26.0 Å². The van der Waals surface area contributed by atoms with Crippen molar-refractivity contribution in [3.05, 3.63) is 42.2 Å². The molecule has 0 aliphatic rings. The molecule has 112 valence electrons. The largest absolute Gasteiger partial charge is 0.508 e. The van der Waals surface area contributed by atoms with Crippen molar-refractivity contribution in [3.63, 3.8) is 0 Å². The molecule has 0 bridgehead atoms. The number of phenols is 2. The Balaban J connectivity index is 2.05. The lowest BCUT2D eigenvalue weighted by Crippen LogP contribution is -1.91. The lowest BCUT2D eigenvalue weighted by molar-refractivity contribution is 0.445. The minimum absolute atomic E-state index is 0.0423. The minimum Gasteiger partial charge on any atom is -0.508 e. The first-order valence-corrected chi connectivity index (χ1v) is 6.95. The third-order valence-electron chi connectivity index (χ3n) is 3.45. The molecule has 2 aromatic heterocycles. The van der Waals surface area contributed by atoms with Crippen molar-refractivity contribution in [1.82, 2.24) is 20.2 Å². The van der Waals surface area contributed by atoms with E-state index in [1.165, 1.54) is 6.07 Å². The molecule has 2 heterocycles. The van der Waals surface area contributed by atoms with Gasteiger partial charge in [0.15, 0.2) is 11.6 Å². The fourth-order valence-corrected chi connectivity index (χ4v) is 2.26. The first-order valence-electron chi connectivity index (χ1n) is 6.95. The summed E-state index contributed by atoms with van der Waals surface area (Å²) in [6.45, 7) is 3.94. The first-order chi connectivity index (χ1) is 10.6. The molecule has 0 saturated heterocycles. The van der Waals surface area contributed by atoms with Crippen LogP contribution >= 0.6 is 0 Å². The van der Waals surface area contributed by atoms with Crippen molar-refractivity contribution >= 4 is 0 Å². The molecule has 0 spiro atoms. The van der Waals surface area contributed by atoms with Crippen molar-refractivity contribution in [2.75, 3.05) is 0 Å². The number of benzene rings is 1. The third-order valence-corrected chi connectivity index (χ3v) is 3.45. The fourth-order valence-electron chi connectivity index (χ4n) is 2.26. The van der Waals surface area contributed by atoms with Crippen LogP contribution in [0.4, 0.5) is 0 Å². The Morgan fingerprint density at radius 3 is 2.45 bits per heavy atom. The molecule has 0 saturated carbocycles. The smallest absolute Gasteiger partial charge is 0.181 e. The lowest BCUT2D eigenvalue weighted by Gasteiger charge is -2.11. The highest BCUT2D eigenvalue weighted by molar-refractivity contribution is 5.69. The summed E-state index contributed by atoms with van der Waals surface area (Å²) in [5.41, 5.74) is 2.09. The summed E-state index contributed by atoms with van der Waals surface area (Å²) < 4.78 is 0. The number of aromatic hydroxyl groups is 2. The predicted octanol–water partition coefficient (Wildman–Crippen LogP) is 3.07. The van der Waals surface area contributed by atoms with Crippen LogP contribution in [0.3, 0.4) is 0 Å². The van der Waals surface area contributed by atoms with E-state index in [9.17, 15) is 10.2 Å². The van der Waals surface area contributed by atoms with E-state index < -0.39 is 0 Å². The summed E-state index contributed by atoms with van der Waals surface area (Å²) in [5.74, 6) is 1.13. The maximum absolute atomic E-state index is 10.1. The quantitative estimate of drug-likeness (QED) is 0.690. The van der Waals surface area contributed by atoms with Gasteiger partial charge in [0.2, 0.25) is 0 Å². The topological polar surface area (TPSA) is 94.9 Å². The van der Waals surface area contributed by atoms with Gasteiger partial charge < -0.3 is 10.2 Å². The normalized spacial score (nSPS) is 11.0.